The summed E-state index contributed by atoms with van der Waals surface area (Å²) in [6.07, 6.45) is 7.60. The number of amides is 1. The van der Waals surface area contributed by atoms with Gasteiger partial charge in [0, 0.05) is 37.8 Å². The van der Waals surface area contributed by atoms with Gasteiger partial charge in [0.15, 0.2) is 0 Å². The average molecular weight is 456 g/mol. The molecule has 0 unspecified atom stereocenters. The fourth-order valence-electron chi connectivity index (χ4n) is 5.83. The lowest BCUT2D eigenvalue weighted by Gasteiger charge is -2.55. The number of halogens is 2. The quantitative estimate of drug-likeness (QED) is 0.735. The molecule has 1 aromatic rings. The van der Waals surface area contributed by atoms with Gasteiger partial charge in [0.25, 0.3) is 0 Å². The zero-order valence-electron chi connectivity index (χ0n) is 17.8. The molecule has 0 spiro atoms. The number of ether oxygens (including phenoxy) is 1. The number of fused-ring (bicyclic) bond motifs is 4. The molecule has 3 saturated heterocycles. The molecule has 30 heavy (non-hydrogen) atoms. The van der Waals surface area contributed by atoms with Crippen molar-refractivity contribution in [1.82, 2.24) is 15.1 Å². The predicted molar refractivity (Wildman–Crippen MR) is 124 cm³/mol. The molecule has 7 heteroatoms. The number of hydrogen-bond donors (Lipinski definition) is 1. The van der Waals surface area contributed by atoms with E-state index in [1.54, 1.807) is 7.11 Å². The summed E-state index contributed by atoms with van der Waals surface area (Å²) in [5, 5.41) is 3.40. The van der Waals surface area contributed by atoms with E-state index >= 15 is 0 Å². The Hall–Kier alpha value is -1.01. The Morgan fingerprint density at radius 1 is 1.07 bits per heavy atom. The molecule has 0 aromatic heterocycles. The van der Waals surface area contributed by atoms with Crippen molar-refractivity contribution in [2.24, 2.45) is 11.8 Å². The third kappa shape index (κ3) is 4.90. The van der Waals surface area contributed by atoms with Crippen molar-refractivity contribution in [3.05, 3.63) is 29.8 Å². The van der Waals surface area contributed by atoms with Crippen molar-refractivity contribution >= 4 is 30.7 Å². The predicted octanol–water partition coefficient (Wildman–Crippen LogP) is 3.66. The Labute approximate surface area is 192 Å². The van der Waals surface area contributed by atoms with Gasteiger partial charge in [0.1, 0.15) is 5.75 Å². The van der Waals surface area contributed by atoms with Crippen molar-refractivity contribution < 1.29 is 9.53 Å². The highest BCUT2D eigenvalue weighted by Crippen LogP contribution is 2.44. The van der Waals surface area contributed by atoms with Crippen molar-refractivity contribution in [3.63, 3.8) is 0 Å². The maximum absolute atomic E-state index is 12.7. The summed E-state index contributed by atoms with van der Waals surface area (Å²) < 4.78 is 5.34. The molecule has 4 atom stereocenters. The third-order valence-corrected chi connectivity index (χ3v) is 7.36. The van der Waals surface area contributed by atoms with Crippen LogP contribution in [0.2, 0.25) is 0 Å². The second-order valence-corrected chi connectivity index (χ2v) is 9.30. The first kappa shape index (κ1) is 23.6. The smallest absolute Gasteiger partial charge is 0.236 e. The molecule has 1 aliphatic carbocycles. The molecule has 1 N–H and O–H groups in total. The summed E-state index contributed by atoms with van der Waals surface area (Å²) in [6, 6.07) is 10.4. The largest absolute Gasteiger partial charge is 0.497 e. The lowest BCUT2D eigenvalue weighted by atomic mass is 9.74. The first-order valence-electron chi connectivity index (χ1n) is 11.1. The third-order valence-electron chi connectivity index (χ3n) is 7.36. The van der Waals surface area contributed by atoms with Gasteiger partial charge in [-0.3, -0.25) is 9.69 Å². The summed E-state index contributed by atoms with van der Waals surface area (Å²) in [5.41, 5.74) is 1.42. The molecule has 0 radical (unpaired) electrons. The molecular formula is C23H35Cl2N3O2. The Kier molecular flexibility index (Phi) is 7.94. The fourth-order valence-corrected chi connectivity index (χ4v) is 5.83. The Balaban J connectivity index is 0.00000128. The number of rotatable bonds is 5. The van der Waals surface area contributed by atoms with E-state index < -0.39 is 0 Å². The number of likely N-dealkylation sites (tertiary alicyclic amines) is 1. The van der Waals surface area contributed by atoms with Gasteiger partial charge in [0.2, 0.25) is 5.91 Å². The maximum Gasteiger partial charge on any atom is 0.236 e. The van der Waals surface area contributed by atoms with Crippen LogP contribution in [0.25, 0.3) is 0 Å². The van der Waals surface area contributed by atoms with Gasteiger partial charge in [0.05, 0.1) is 13.7 Å². The molecule has 3 heterocycles. The normalized spacial score (nSPS) is 30.5. The first-order valence-corrected chi connectivity index (χ1v) is 11.1. The van der Waals surface area contributed by atoms with Crippen molar-refractivity contribution in [2.75, 3.05) is 33.3 Å². The van der Waals surface area contributed by atoms with E-state index in [0.717, 1.165) is 25.4 Å². The number of nitrogens with zero attached hydrogens (tertiary/aromatic N) is 2. The minimum atomic E-state index is 0. The van der Waals surface area contributed by atoms with Gasteiger partial charge in [-0.15, -0.1) is 24.8 Å². The van der Waals surface area contributed by atoms with Crippen LogP contribution in [-0.2, 0) is 4.79 Å². The minimum Gasteiger partial charge on any atom is -0.497 e. The average Bonchev–Trinajstić information content (AvgIpc) is 3.56. The first-order chi connectivity index (χ1) is 13.7. The summed E-state index contributed by atoms with van der Waals surface area (Å²) >= 11 is 0. The summed E-state index contributed by atoms with van der Waals surface area (Å²) in [6.45, 7) is 3.57. The van der Waals surface area contributed by atoms with Crippen LogP contribution in [0.5, 0.6) is 5.75 Å². The number of carbonyl (C=O) groups is 1. The van der Waals surface area contributed by atoms with Crippen LogP contribution in [0.15, 0.2) is 24.3 Å². The van der Waals surface area contributed by atoms with Crippen LogP contribution in [0.3, 0.4) is 0 Å². The highest BCUT2D eigenvalue weighted by atomic mass is 35.5. The van der Waals surface area contributed by atoms with E-state index in [2.05, 4.69) is 39.4 Å². The fraction of sp³-hybridized carbons (Fsp3) is 0.696. The van der Waals surface area contributed by atoms with Crippen molar-refractivity contribution in [3.8, 4) is 5.75 Å². The minimum absolute atomic E-state index is 0. The number of hydrogen-bond acceptors (Lipinski definition) is 4. The topological polar surface area (TPSA) is 44.8 Å². The Morgan fingerprint density at radius 2 is 1.83 bits per heavy atom. The van der Waals surface area contributed by atoms with Gasteiger partial charge >= 0.3 is 0 Å². The standard InChI is InChI=1S/C23H33N3O2.2ClH/c1-28-20-9-5-17(6-10-20)21-3-2-4-22-18-11-16(14-26(21)22)13-25(15-18)23(27)12-24-19-7-8-19;;/h5-6,9-10,16,18-19,21-22,24H,2-4,7-8,11-15H2,1H3;2*1H/t16-,18+,21+,22-;;/m0../s1. The number of benzene rings is 1. The molecule has 4 fully saturated rings. The Bertz CT molecular complexity index is 713. The maximum atomic E-state index is 12.7. The monoisotopic (exact) mass is 455 g/mol. The molecule has 1 saturated carbocycles. The molecule has 4 aliphatic rings. The van der Waals surface area contributed by atoms with Gasteiger partial charge in [-0.2, -0.15) is 0 Å². The molecule has 1 aromatic carbocycles. The van der Waals surface area contributed by atoms with E-state index in [4.69, 9.17) is 4.74 Å². The van der Waals surface area contributed by atoms with Crippen LogP contribution in [-0.4, -0.2) is 61.1 Å². The van der Waals surface area contributed by atoms with Gasteiger partial charge in [-0.1, -0.05) is 12.1 Å². The van der Waals surface area contributed by atoms with Crippen molar-refractivity contribution in [2.45, 2.75) is 56.7 Å². The van der Waals surface area contributed by atoms with E-state index in [1.165, 1.54) is 44.1 Å². The molecule has 168 valence electrons. The molecule has 3 aliphatic heterocycles. The van der Waals surface area contributed by atoms with Gasteiger partial charge in [-0.05, 0) is 68.1 Å². The van der Waals surface area contributed by atoms with Crippen LogP contribution in [0, 0.1) is 11.8 Å². The summed E-state index contributed by atoms with van der Waals surface area (Å²) in [5.74, 6) is 2.51. The zero-order valence-corrected chi connectivity index (χ0v) is 19.4. The number of carbonyl (C=O) groups excluding carboxylic acids is 1. The summed E-state index contributed by atoms with van der Waals surface area (Å²) in [7, 11) is 1.73. The molecular weight excluding hydrogens is 421 g/mol. The highest BCUT2D eigenvalue weighted by Gasteiger charge is 2.45. The van der Waals surface area contributed by atoms with E-state index in [0.29, 0.717) is 42.4 Å². The van der Waals surface area contributed by atoms with Crippen LogP contribution >= 0.6 is 24.8 Å². The molecule has 5 nitrogen and oxygen atoms in total. The number of methoxy groups -OCH3 is 1. The summed E-state index contributed by atoms with van der Waals surface area (Å²) in [4.78, 5) is 17.7. The second kappa shape index (κ2) is 10.1. The van der Waals surface area contributed by atoms with E-state index in [-0.39, 0.29) is 24.8 Å². The number of piperidine rings is 3. The van der Waals surface area contributed by atoms with Crippen LogP contribution < -0.4 is 10.1 Å². The zero-order chi connectivity index (χ0) is 19.1. The molecule has 1 amide bonds. The molecule has 5 rings (SSSR count). The van der Waals surface area contributed by atoms with Crippen LogP contribution in [0.1, 0.15) is 50.1 Å². The van der Waals surface area contributed by atoms with E-state index in [1.807, 2.05) is 0 Å². The Morgan fingerprint density at radius 3 is 2.53 bits per heavy atom. The lowest BCUT2D eigenvalue weighted by Crippen LogP contribution is -2.61. The highest BCUT2D eigenvalue weighted by molar-refractivity contribution is 5.85. The SMILES string of the molecule is COc1ccc([C@H]2CCC[C@H]3[C@@H]4C[C@@H](CN(C(=O)CNC5CC5)C4)CN23)cc1.Cl.Cl. The molecule has 2 bridgehead atoms. The van der Waals surface area contributed by atoms with Crippen molar-refractivity contribution in [1.29, 1.82) is 0 Å². The van der Waals surface area contributed by atoms with Gasteiger partial charge < -0.3 is 15.0 Å². The number of nitrogens with one attached hydrogen (secondary N) is 1. The lowest BCUT2D eigenvalue weighted by molar-refractivity contribution is -0.138. The van der Waals surface area contributed by atoms with E-state index in [9.17, 15) is 4.79 Å². The van der Waals surface area contributed by atoms with Gasteiger partial charge in [-0.25, -0.2) is 0 Å². The van der Waals surface area contributed by atoms with Crippen LogP contribution in [0.4, 0.5) is 0 Å². The second-order valence-electron chi connectivity index (χ2n) is 9.30.